The first-order chi connectivity index (χ1) is 9.22. The lowest BCUT2D eigenvalue weighted by Crippen LogP contribution is -2.26. The lowest BCUT2D eigenvalue weighted by atomic mass is 9.98. The molecule has 0 aromatic carbocycles. The molecule has 5 heteroatoms. The zero-order valence-electron chi connectivity index (χ0n) is 12.0. The highest BCUT2D eigenvalue weighted by Gasteiger charge is 2.17. The van der Waals surface area contributed by atoms with Crippen LogP contribution < -0.4 is 16.0 Å². The summed E-state index contributed by atoms with van der Waals surface area (Å²) in [7, 11) is 0. The minimum Gasteiger partial charge on any atom is -0.370 e. The van der Waals surface area contributed by atoms with Crippen LogP contribution in [0.1, 0.15) is 39.5 Å². The summed E-state index contributed by atoms with van der Waals surface area (Å²) in [6.07, 6.45) is 5.09. The van der Waals surface area contributed by atoms with Gasteiger partial charge < -0.3 is 16.0 Å². The molecular formula is C14H25N5. The van der Waals surface area contributed by atoms with Gasteiger partial charge in [0, 0.05) is 25.7 Å². The van der Waals surface area contributed by atoms with Crippen molar-refractivity contribution in [1.82, 2.24) is 9.97 Å². The molecule has 1 unspecified atom stereocenters. The molecule has 0 aliphatic carbocycles. The zero-order chi connectivity index (χ0) is 13.7. The Bertz CT molecular complexity index is 407. The highest BCUT2D eigenvalue weighted by Crippen LogP contribution is 2.24. The smallest absolute Gasteiger partial charge is 0.223 e. The summed E-state index contributed by atoms with van der Waals surface area (Å²) < 4.78 is 0. The molecule has 0 radical (unpaired) electrons. The average molecular weight is 263 g/mol. The number of nitrogens with one attached hydrogen (secondary N) is 1. The van der Waals surface area contributed by atoms with E-state index < -0.39 is 0 Å². The van der Waals surface area contributed by atoms with Crippen LogP contribution >= 0.6 is 0 Å². The van der Waals surface area contributed by atoms with Gasteiger partial charge in [-0.1, -0.05) is 13.3 Å². The molecule has 0 spiro atoms. The monoisotopic (exact) mass is 263 g/mol. The maximum absolute atomic E-state index is 5.80. The lowest BCUT2D eigenvalue weighted by molar-refractivity contribution is 0.459. The van der Waals surface area contributed by atoms with E-state index in [1.807, 2.05) is 6.07 Å². The molecular weight excluding hydrogens is 238 g/mol. The van der Waals surface area contributed by atoms with Gasteiger partial charge in [0.1, 0.15) is 11.6 Å². The Hall–Kier alpha value is -1.52. The van der Waals surface area contributed by atoms with Crippen molar-refractivity contribution < 1.29 is 0 Å². The van der Waals surface area contributed by atoms with Crippen molar-refractivity contribution in [3.63, 3.8) is 0 Å². The van der Waals surface area contributed by atoms with Gasteiger partial charge in [-0.15, -0.1) is 0 Å². The van der Waals surface area contributed by atoms with Crippen molar-refractivity contribution in [2.24, 2.45) is 5.92 Å². The highest BCUT2D eigenvalue weighted by molar-refractivity contribution is 5.52. The van der Waals surface area contributed by atoms with Crippen LogP contribution in [0.25, 0.3) is 0 Å². The van der Waals surface area contributed by atoms with Crippen LogP contribution in [0.3, 0.4) is 0 Å². The van der Waals surface area contributed by atoms with Crippen molar-refractivity contribution in [2.75, 3.05) is 35.6 Å². The predicted octanol–water partition coefficient (Wildman–Crippen LogP) is 2.51. The van der Waals surface area contributed by atoms with E-state index in [0.717, 1.165) is 37.2 Å². The molecule has 3 N–H and O–H groups in total. The van der Waals surface area contributed by atoms with Crippen molar-refractivity contribution in [3.8, 4) is 0 Å². The number of hydrogen-bond donors (Lipinski definition) is 2. The Morgan fingerprint density at radius 2 is 2.16 bits per heavy atom. The standard InChI is InChI=1S/C14H25N5/c1-3-11-6-5-8-19(9-7-11)13-10-12(16-4-2)17-14(15)18-13/h10-11H,3-9H2,1-2H3,(H3,15,16,17,18). The second kappa shape index (κ2) is 6.59. The molecule has 2 rings (SSSR count). The zero-order valence-corrected chi connectivity index (χ0v) is 12.0. The molecule has 2 heterocycles. The Morgan fingerprint density at radius 1 is 1.32 bits per heavy atom. The van der Waals surface area contributed by atoms with Gasteiger partial charge in [0.05, 0.1) is 0 Å². The fourth-order valence-corrected chi connectivity index (χ4v) is 2.69. The lowest BCUT2D eigenvalue weighted by Gasteiger charge is -2.22. The summed E-state index contributed by atoms with van der Waals surface area (Å²) in [4.78, 5) is 10.9. The molecule has 1 atom stereocenters. The van der Waals surface area contributed by atoms with Gasteiger partial charge in [0.15, 0.2) is 0 Å². The Labute approximate surface area is 115 Å². The van der Waals surface area contributed by atoms with E-state index in [9.17, 15) is 0 Å². The SMILES string of the molecule is CCNc1cc(N2CCCC(CC)CC2)nc(N)n1. The van der Waals surface area contributed by atoms with E-state index >= 15 is 0 Å². The van der Waals surface area contributed by atoms with E-state index in [4.69, 9.17) is 5.73 Å². The van der Waals surface area contributed by atoms with Gasteiger partial charge in [0.2, 0.25) is 5.95 Å². The molecule has 0 saturated carbocycles. The molecule has 1 aliphatic rings. The predicted molar refractivity (Wildman–Crippen MR) is 80.5 cm³/mol. The van der Waals surface area contributed by atoms with E-state index in [1.54, 1.807) is 0 Å². The number of nitrogens with zero attached hydrogens (tertiary/aromatic N) is 3. The van der Waals surface area contributed by atoms with E-state index in [1.165, 1.54) is 25.7 Å². The fourth-order valence-electron chi connectivity index (χ4n) is 2.69. The average Bonchev–Trinajstić information content (AvgIpc) is 2.63. The number of nitrogens with two attached hydrogens (primary N) is 1. The van der Waals surface area contributed by atoms with Crippen LogP contribution in [0, 0.1) is 5.92 Å². The summed E-state index contributed by atoms with van der Waals surface area (Å²) in [5, 5.41) is 3.21. The minimum absolute atomic E-state index is 0.352. The molecule has 1 saturated heterocycles. The van der Waals surface area contributed by atoms with Crippen molar-refractivity contribution in [2.45, 2.75) is 39.5 Å². The van der Waals surface area contributed by atoms with Crippen LogP contribution in [-0.2, 0) is 0 Å². The van der Waals surface area contributed by atoms with Crippen LogP contribution in [0.4, 0.5) is 17.6 Å². The van der Waals surface area contributed by atoms with E-state index in [-0.39, 0.29) is 0 Å². The fraction of sp³-hybridized carbons (Fsp3) is 0.714. The second-order valence-corrected chi connectivity index (χ2v) is 5.19. The third-order valence-corrected chi connectivity index (χ3v) is 3.84. The maximum Gasteiger partial charge on any atom is 0.223 e. The molecule has 0 bridgehead atoms. The third kappa shape index (κ3) is 3.72. The summed E-state index contributed by atoms with van der Waals surface area (Å²) in [5.74, 6) is 2.99. The van der Waals surface area contributed by atoms with Crippen molar-refractivity contribution in [1.29, 1.82) is 0 Å². The van der Waals surface area contributed by atoms with Crippen molar-refractivity contribution in [3.05, 3.63) is 6.07 Å². The van der Waals surface area contributed by atoms with Gasteiger partial charge in [-0.3, -0.25) is 0 Å². The van der Waals surface area contributed by atoms with Crippen LogP contribution in [0.5, 0.6) is 0 Å². The molecule has 1 fully saturated rings. The third-order valence-electron chi connectivity index (χ3n) is 3.84. The largest absolute Gasteiger partial charge is 0.370 e. The van der Waals surface area contributed by atoms with Gasteiger partial charge >= 0.3 is 0 Å². The van der Waals surface area contributed by atoms with Gasteiger partial charge in [0.25, 0.3) is 0 Å². The molecule has 5 nitrogen and oxygen atoms in total. The summed E-state index contributed by atoms with van der Waals surface area (Å²) in [6.45, 7) is 7.31. The first kappa shape index (κ1) is 13.9. The summed E-state index contributed by atoms with van der Waals surface area (Å²) >= 11 is 0. The van der Waals surface area contributed by atoms with Crippen LogP contribution in [0.15, 0.2) is 6.07 Å². The van der Waals surface area contributed by atoms with E-state index in [0.29, 0.717) is 5.95 Å². The second-order valence-electron chi connectivity index (χ2n) is 5.19. The maximum atomic E-state index is 5.80. The molecule has 0 amide bonds. The Kier molecular flexibility index (Phi) is 4.82. The molecule has 19 heavy (non-hydrogen) atoms. The van der Waals surface area contributed by atoms with Gasteiger partial charge in [-0.05, 0) is 32.1 Å². The molecule has 1 aliphatic heterocycles. The number of rotatable bonds is 4. The van der Waals surface area contributed by atoms with Gasteiger partial charge in [-0.2, -0.15) is 9.97 Å². The van der Waals surface area contributed by atoms with Crippen LogP contribution in [0.2, 0.25) is 0 Å². The van der Waals surface area contributed by atoms with Crippen molar-refractivity contribution >= 4 is 17.6 Å². The van der Waals surface area contributed by atoms with E-state index in [2.05, 4.69) is 34.0 Å². The summed E-state index contributed by atoms with van der Waals surface area (Å²) in [6, 6.07) is 2.01. The first-order valence-electron chi connectivity index (χ1n) is 7.36. The normalized spacial score (nSPS) is 20.1. The van der Waals surface area contributed by atoms with Crippen LogP contribution in [-0.4, -0.2) is 29.6 Å². The Morgan fingerprint density at radius 3 is 2.89 bits per heavy atom. The molecule has 1 aromatic rings. The minimum atomic E-state index is 0.352. The molecule has 1 aromatic heterocycles. The topological polar surface area (TPSA) is 67.1 Å². The number of aromatic nitrogens is 2. The quantitative estimate of drug-likeness (QED) is 0.873. The van der Waals surface area contributed by atoms with Gasteiger partial charge in [-0.25, -0.2) is 0 Å². The Balaban J connectivity index is 2.12. The number of anilines is 3. The number of nitrogen functional groups attached to an aromatic ring is 1. The first-order valence-corrected chi connectivity index (χ1v) is 7.36. The summed E-state index contributed by atoms with van der Waals surface area (Å²) in [5.41, 5.74) is 5.80. The molecule has 106 valence electrons. The number of hydrogen-bond acceptors (Lipinski definition) is 5. The highest BCUT2D eigenvalue weighted by atomic mass is 15.2.